The van der Waals surface area contributed by atoms with Crippen LogP contribution in [0.15, 0.2) is 0 Å². The average Bonchev–Trinajstić information content (AvgIpc) is 0.978. The van der Waals surface area contributed by atoms with E-state index in [1.807, 2.05) is 32.6 Å². The summed E-state index contributed by atoms with van der Waals surface area (Å²) in [5.74, 6) is -5.51. The lowest BCUT2D eigenvalue weighted by atomic mass is 10.2. The van der Waals surface area contributed by atoms with E-state index in [1.165, 1.54) is 98.6 Å². The predicted molar refractivity (Wildman–Crippen MR) is 355 cm³/mol. The molecule has 0 rings (SSSR count). The Hall–Kier alpha value is -5.95. The third-order valence-corrected chi connectivity index (χ3v) is 15.5. The van der Waals surface area contributed by atoms with Gasteiger partial charge in [0, 0.05) is 122 Å². The molecule has 0 aliphatic heterocycles. The highest BCUT2D eigenvalue weighted by atomic mass is 16.5. The van der Waals surface area contributed by atoms with Crippen LogP contribution in [0.3, 0.4) is 0 Å². The summed E-state index contributed by atoms with van der Waals surface area (Å²) in [6.45, 7) is 7.37. The number of likely N-dealkylation sites (N-methyl/N-ethyl adjacent to an activating group) is 1. The van der Waals surface area contributed by atoms with Crippen molar-refractivity contribution in [3.63, 3.8) is 0 Å². The molecular formula is C65H121N11O18. The molecule has 29 nitrogen and oxygen atoms in total. The van der Waals surface area contributed by atoms with Gasteiger partial charge in [0.15, 0.2) is 0 Å². The smallest absolute Gasteiger partial charge is 0.242 e. The Bertz CT molecular complexity index is 2180. The monoisotopic (exact) mass is 1340 g/mol. The van der Waals surface area contributed by atoms with Crippen molar-refractivity contribution >= 4 is 64.9 Å². The summed E-state index contributed by atoms with van der Waals surface area (Å²) in [5, 5.41) is 0. The van der Waals surface area contributed by atoms with Gasteiger partial charge in [-0.1, -0.05) is 79.1 Å². The number of hydrogen-bond acceptors (Lipinski definition) is 19. The molecule has 10 amide bonds. The minimum atomic E-state index is -0.632. The Balaban J connectivity index is 7.01. The molecule has 0 saturated heterocycles. The molecule has 0 aromatic heterocycles. The summed E-state index contributed by atoms with van der Waals surface area (Å²) in [6, 6.07) is 0. The van der Waals surface area contributed by atoms with Crippen LogP contribution in [0, 0.1) is 0 Å². The molecule has 29 heteroatoms. The van der Waals surface area contributed by atoms with Gasteiger partial charge in [0.25, 0.3) is 0 Å². The zero-order valence-corrected chi connectivity index (χ0v) is 59.8. The second kappa shape index (κ2) is 55.2. The van der Waals surface area contributed by atoms with Crippen LogP contribution in [-0.4, -0.2) is 366 Å². The zero-order valence-electron chi connectivity index (χ0n) is 59.8. The summed E-state index contributed by atoms with van der Waals surface area (Å²) >= 11 is 0. The van der Waals surface area contributed by atoms with Crippen LogP contribution in [-0.2, 0) is 85.9 Å². The molecule has 0 aliphatic carbocycles. The first kappa shape index (κ1) is 88.0. The van der Waals surface area contributed by atoms with E-state index in [2.05, 4.69) is 0 Å². The Kier molecular flexibility index (Phi) is 51.7. The van der Waals surface area contributed by atoms with E-state index in [-0.39, 0.29) is 130 Å². The van der Waals surface area contributed by atoms with Crippen molar-refractivity contribution in [3.8, 4) is 0 Å². The molecule has 0 N–H and O–H groups in total. The molecule has 0 aromatic carbocycles. The van der Waals surface area contributed by atoms with E-state index in [0.717, 1.165) is 44.9 Å². The molecule has 0 bridgehead atoms. The number of hydrogen-bond donors (Lipinski definition) is 0. The van der Waals surface area contributed by atoms with Crippen molar-refractivity contribution in [1.29, 1.82) is 0 Å². The van der Waals surface area contributed by atoms with Gasteiger partial charge in [-0.3, -0.25) is 57.6 Å². The lowest BCUT2D eigenvalue weighted by Crippen LogP contribution is -2.53. The molecule has 0 aliphatic rings. The molecule has 0 saturated carbocycles. The first-order valence-electron chi connectivity index (χ1n) is 33.5. The largest absolute Gasteiger partial charge is 0.383 e. The Labute approximate surface area is 561 Å². The minimum Gasteiger partial charge on any atom is -0.383 e. The quantitative estimate of drug-likeness (QED) is 0.0770. The number of ketones is 1. The van der Waals surface area contributed by atoms with Crippen molar-refractivity contribution in [2.45, 2.75) is 112 Å². The van der Waals surface area contributed by atoms with Crippen molar-refractivity contribution in [1.82, 2.24) is 53.9 Å². The van der Waals surface area contributed by atoms with Gasteiger partial charge >= 0.3 is 0 Å². The first-order valence-corrected chi connectivity index (χ1v) is 33.5. The van der Waals surface area contributed by atoms with E-state index < -0.39 is 106 Å². The van der Waals surface area contributed by atoms with E-state index in [9.17, 15) is 52.7 Å². The van der Waals surface area contributed by atoms with Crippen molar-refractivity contribution in [3.05, 3.63) is 0 Å². The number of nitrogens with zero attached hydrogens (tertiary/aromatic N) is 11. The number of amides is 10. The van der Waals surface area contributed by atoms with Crippen LogP contribution in [0.5, 0.6) is 0 Å². The zero-order chi connectivity index (χ0) is 70.6. The van der Waals surface area contributed by atoms with Gasteiger partial charge in [-0.2, -0.15) is 0 Å². The fraction of sp³-hybridized carbons (Fsp3) is 0.831. The number of ether oxygens (including phenoxy) is 7. The van der Waals surface area contributed by atoms with Crippen molar-refractivity contribution < 1.29 is 85.9 Å². The molecular weight excluding hydrogens is 1220 g/mol. The number of methoxy groups -OCH3 is 7. The van der Waals surface area contributed by atoms with Crippen LogP contribution in [0.25, 0.3) is 0 Å². The molecule has 94 heavy (non-hydrogen) atoms. The van der Waals surface area contributed by atoms with Crippen LogP contribution >= 0.6 is 0 Å². The molecule has 544 valence electrons. The van der Waals surface area contributed by atoms with Crippen molar-refractivity contribution in [2.75, 3.05) is 247 Å². The predicted octanol–water partition coefficient (Wildman–Crippen LogP) is 1.08. The molecule has 0 spiro atoms. The van der Waals surface area contributed by atoms with E-state index in [0.29, 0.717) is 51.8 Å². The van der Waals surface area contributed by atoms with Gasteiger partial charge in [0.2, 0.25) is 59.1 Å². The number of carbonyl (C=O) groups excluding carboxylic acids is 11. The van der Waals surface area contributed by atoms with Crippen LogP contribution < -0.4 is 0 Å². The van der Waals surface area contributed by atoms with Gasteiger partial charge in [0.05, 0.1) is 118 Å². The summed E-state index contributed by atoms with van der Waals surface area (Å²) in [7, 11) is 12.1. The molecule has 0 unspecified atom stereocenters. The standard InChI is InChI=1S/C65H121N11O18/c1-14-18-22-26-67(56(78)45-66(6)30-37-88-7)46-61(83)72(32-39-90-9)50-57(79)70(29-25-21-17-4)49-64(86)76(36-43-94-13)54-65(87)74(34-41-92-11)52-59(81)68(27-23-19-15-2)47-62(84)73(33-40-91-10)51-58(80)69(28-24-20-16-3)48-63(85)75(35-42-93-12)53-60(82)71(31-38-89-8)44-55(5)77/h14-54H2,1-13H3. The van der Waals surface area contributed by atoms with Gasteiger partial charge in [0.1, 0.15) is 5.78 Å². The Morgan fingerprint density at radius 1 is 0.223 bits per heavy atom. The van der Waals surface area contributed by atoms with E-state index >= 15 is 0 Å². The second-order valence-electron chi connectivity index (χ2n) is 23.4. The maximum Gasteiger partial charge on any atom is 0.242 e. The van der Waals surface area contributed by atoms with E-state index in [4.69, 9.17) is 33.2 Å². The summed E-state index contributed by atoms with van der Waals surface area (Å²) in [5.41, 5.74) is 0. The second-order valence-corrected chi connectivity index (χ2v) is 23.4. The van der Waals surface area contributed by atoms with Crippen molar-refractivity contribution in [2.24, 2.45) is 0 Å². The molecule has 0 aromatic rings. The molecule has 0 fully saturated rings. The minimum absolute atomic E-state index is 0.00517. The molecule has 0 radical (unpaired) electrons. The van der Waals surface area contributed by atoms with Crippen LogP contribution in [0.4, 0.5) is 0 Å². The summed E-state index contributed by atoms with van der Waals surface area (Å²) in [6.07, 6.45) is 8.57. The van der Waals surface area contributed by atoms with E-state index in [1.54, 1.807) is 14.2 Å². The van der Waals surface area contributed by atoms with Crippen LogP contribution in [0.2, 0.25) is 0 Å². The highest BCUT2D eigenvalue weighted by Gasteiger charge is 2.32. The summed E-state index contributed by atoms with van der Waals surface area (Å²) < 4.78 is 37.0. The topological polar surface area (TPSA) is 288 Å². The van der Waals surface area contributed by atoms with Gasteiger partial charge < -0.3 is 82.2 Å². The highest BCUT2D eigenvalue weighted by molar-refractivity contribution is 5.94. The SMILES string of the molecule is CCCCCN(CC(=O)N(CCOC)CC(=O)N(CCCCC)CC(=O)N(CCOC)CC(=O)N(CCOC)CC(=O)N(CCCCC)CC(=O)N(CCOC)CC(=O)N(CCCCC)CC(=O)N(CCOC)CC(=O)N(CCOC)CC(C)=O)C(=O)CN(C)CCOC. The molecule has 0 atom stereocenters. The Morgan fingerprint density at radius 3 is 0.553 bits per heavy atom. The van der Waals surface area contributed by atoms with Crippen LogP contribution in [0.1, 0.15) is 112 Å². The normalized spacial score (nSPS) is 11.1. The fourth-order valence-corrected chi connectivity index (χ4v) is 9.63. The van der Waals surface area contributed by atoms with Gasteiger partial charge in [-0.25, -0.2) is 0 Å². The van der Waals surface area contributed by atoms with Gasteiger partial charge in [-0.15, -0.1) is 0 Å². The summed E-state index contributed by atoms with van der Waals surface area (Å²) in [4.78, 5) is 170. The maximum absolute atomic E-state index is 14.6. The third kappa shape index (κ3) is 39.2. The van der Waals surface area contributed by atoms with Gasteiger partial charge in [-0.05, 0) is 39.7 Å². The Morgan fingerprint density at radius 2 is 0.383 bits per heavy atom. The number of carbonyl (C=O) groups is 11. The fourth-order valence-electron chi connectivity index (χ4n) is 9.63. The number of rotatable bonds is 59. The number of Topliss-reactive ketones (excluding diaryl/α,β-unsaturated/α-hetero) is 1. The first-order chi connectivity index (χ1) is 45.1. The third-order valence-electron chi connectivity index (χ3n) is 15.5. The maximum atomic E-state index is 14.6. The average molecular weight is 1340 g/mol. The lowest BCUT2D eigenvalue weighted by molar-refractivity contribution is -0.149. The number of unbranched alkanes of at least 4 members (excludes halogenated alkanes) is 8. The lowest BCUT2D eigenvalue weighted by Gasteiger charge is -2.33. The highest BCUT2D eigenvalue weighted by Crippen LogP contribution is 2.11. The molecule has 0 heterocycles.